The van der Waals surface area contributed by atoms with Crippen molar-refractivity contribution in [3.05, 3.63) is 11.8 Å². The van der Waals surface area contributed by atoms with Crippen molar-refractivity contribution in [3.63, 3.8) is 0 Å². The molecule has 5 heteroatoms. The molecule has 1 aliphatic heterocycles. The molecule has 1 aliphatic rings. The third kappa shape index (κ3) is 2.30. The van der Waals surface area contributed by atoms with E-state index in [9.17, 15) is 4.79 Å². The third-order valence-electron chi connectivity index (χ3n) is 2.15. The Labute approximate surface area is 89.4 Å². The van der Waals surface area contributed by atoms with Crippen LogP contribution in [0, 0.1) is 0 Å². The zero-order valence-electron chi connectivity index (χ0n) is 9.33. The van der Waals surface area contributed by atoms with E-state index in [1.807, 2.05) is 13.8 Å². The van der Waals surface area contributed by atoms with Crippen LogP contribution in [0.15, 0.2) is 11.8 Å². The summed E-state index contributed by atoms with van der Waals surface area (Å²) in [4.78, 5) is 11.5. The SMILES string of the molecule is CCOC1(OCC)CNC=C1C(=O)OC. The van der Waals surface area contributed by atoms with Crippen molar-refractivity contribution >= 4 is 5.97 Å². The minimum atomic E-state index is -0.989. The summed E-state index contributed by atoms with van der Waals surface area (Å²) in [6, 6.07) is 0. The van der Waals surface area contributed by atoms with Crippen LogP contribution in [0.3, 0.4) is 0 Å². The quantitative estimate of drug-likeness (QED) is 0.532. The maximum absolute atomic E-state index is 11.5. The van der Waals surface area contributed by atoms with Gasteiger partial charge < -0.3 is 19.5 Å². The number of hydrogen-bond donors (Lipinski definition) is 1. The highest BCUT2D eigenvalue weighted by molar-refractivity contribution is 5.90. The smallest absolute Gasteiger partial charge is 0.340 e. The summed E-state index contributed by atoms with van der Waals surface area (Å²) < 4.78 is 15.7. The Balaban J connectivity index is 2.87. The van der Waals surface area contributed by atoms with E-state index >= 15 is 0 Å². The van der Waals surface area contributed by atoms with Crippen molar-refractivity contribution in [2.24, 2.45) is 0 Å². The normalized spacial score (nSPS) is 18.2. The molecule has 0 saturated heterocycles. The van der Waals surface area contributed by atoms with Gasteiger partial charge in [-0.1, -0.05) is 0 Å². The predicted octanol–water partition coefficient (Wildman–Crippen LogP) is 0.416. The number of carbonyl (C=O) groups excluding carboxylic acids is 1. The van der Waals surface area contributed by atoms with E-state index in [1.165, 1.54) is 7.11 Å². The monoisotopic (exact) mass is 215 g/mol. The molecule has 86 valence electrons. The molecule has 0 bridgehead atoms. The van der Waals surface area contributed by atoms with E-state index in [1.54, 1.807) is 6.20 Å². The van der Waals surface area contributed by atoms with Gasteiger partial charge in [-0.15, -0.1) is 0 Å². The molecule has 0 spiro atoms. The van der Waals surface area contributed by atoms with E-state index in [-0.39, 0.29) is 0 Å². The second-order valence-corrected chi connectivity index (χ2v) is 3.05. The lowest BCUT2D eigenvalue weighted by molar-refractivity contribution is -0.202. The van der Waals surface area contributed by atoms with Crippen molar-refractivity contribution < 1.29 is 19.0 Å². The maximum atomic E-state index is 11.5. The van der Waals surface area contributed by atoms with Crippen LogP contribution in [0.4, 0.5) is 0 Å². The highest BCUT2D eigenvalue weighted by Crippen LogP contribution is 2.27. The molecule has 0 aromatic rings. The van der Waals surface area contributed by atoms with Crippen LogP contribution in [0.25, 0.3) is 0 Å². The van der Waals surface area contributed by atoms with Crippen molar-refractivity contribution in [3.8, 4) is 0 Å². The lowest BCUT2D eigenvalue weighted by Crippen LogP contribution is -2.43. The summed E-state index contributed by atoms with van der Waals surface area (Å²) in [7, 11) is 1.34. The molecule has 0 atom stereocenters. The van der Waals surface area contributed by atoms with E-state index in [0.29, 0.717) is 25.3 Å². The Hall–Kier alpha value is -1.07. The molecule has 0 aliphatic carbocycles. The van der Waals surface area contributed by atoms with Crippen LogP contribution in [0.2, 0.25) is 0 Å². The summed E-state index contributed by atoms with van der Waals surface area (Å²) in [5.41, 5.74) is 0.383. The number of hydrogen-bond acceptors (Lipinski definition) is 5. The number of rotatable bonds is 5. The van der Waals surface area contributed by atoms with E-state index in [2.05, 4.69) is 10.1 Å². The van der Waals surface area contributed by atoms with E-state index < -0.39 is 11.8 Å². The molecular formula is C10H17NO4. The van der Waals surface area contributed by atoms with E-state index in [4.69, 9.17) is 9.47 Å². The second kappa shape index (κ2) is 5.14. The van der Waals surface area contributed by atoms with Crippen LogP contribution in [0.1, 0.15) is 13.8 Å². The van der Waals surface area contributed by atoms with Crippen LogP contribution in [0.5, 0.6) is 0 Å². The van der Waals surface area contributed by atoms with Crippen molar-refractivity contribution in [1.82, 2.24) is 5.32 Å². The third-order valence-corrected chi connectivity index (χ3v) is 2.15. The first kappa shape index (κ1) is 12.0. The van der Waals surface area contributed by atoms with Gasteiger partial charge in [0.15, 0.2) is 0 Å². The minimum absolute atomic E-state index is 0.383. The molecular weight excluding hydrogens is 198 g/mol. The van der Waals surface area contributed by atoms with Crippen LogP contribution >= 0.6 is 0 Å². The Morgan fingerprint density at radius 2 is 2.07 bits per heavy atom. The molecule has 0 fully saturated rings. The first-order valence-corrected chi connectivity index (χ1v) is 5.00. The molecule has 0 unspecified atom stereocenters. The minimum Gasteiger partial charge on any atom is -0.465 e. The maximum Gasteiger partial charge on any atom is 0.340 e. The molecule has 1 rings (SSSR count). The highest BCUT2D eigenvalue weighted by atomic mass is 16.7. The molecule has 15 heavy (non-hydrogen) atoms. The Morgan fingerprint density at radius 1 is 1.47 bits per heavy atom. The number of methoxy groups -OCH3 is 1. The van der Waals surface area contributed by atoms with E-state index in [0.717, 1.165) is 0 Å². The van der Waals surface area contributed by atoms with Crippen molar-refractivity contribution in [1.29, 1.82) is 0 Å². The van der Waals surface area contributed by atoms with Crippen molar-refractivity contribution in [2.45, 2.75) is 19.6 Å². The lowest BCUT2D eigenvalue weighted by Gasteiger charge is -2.29. The van der Waals surface area contributed by atoms with Gasteiger partial charge in [0, 0.05) is 19.4 Å². The number of esters is 1. The lowest BCUT2D eigenvalue weighted by atomic mass is 10.1. The highest BCUT2D eigenvalue weighted by Gasteiger charge is 2.44. The van der Waals surface area contributed by atoms with Gasteiger partial charge in [-0.25, -0.2) is 4.79 Å². The fourth-order valence-corrected chi connectivity index (χ4v) is 1.58. The van der Waals surface area contributed by atoms with Gasteiger partial charge >= 0.3 is 5.97 Å². The summed E-state index contributed by atoms with van der Waals surface area (Å²) >= 11 is 0. The topological polar surface area (TPSA) is 56.8 Å². The zero-order valence-corrected chi connectivity index (χ0v) is 9.33. The largest absolute Gasteiger partial charge is 0.465 e. The standard InChI is InChI=1S/C10H17NO4/c1-4-14-10(15-5-2)7-11-6-8(10)9(12)13-3/h6,11H,4-5,7H2,1-3H3. The Bertz CT molecular complexity index is 256. The van der Waals surface area contributed by atoms with Crippen LogP contribution in [-0.4, -0.2) is 38.6 Å². The first-order valence-electron chi connectivity index (χ1n) is 5.00. The van der Waals surface area contributed by atoms with Gasteiger partial charge in [0.1, 0.15) is 5.57 Å². The van der Waals surface area contributed by atoms with Crippen LogP contribution in [-0.2, 0) is 19.0 Å². The number of nitrogens with one attached hydrogen (secondary N) is 1. The Kier molecular flexibility index (Phi) is 4.11. The fraction of sp³-hybridized carbons (Fsp3) is 0.700. The van der Waals surface area contributed by atoms with Crippen LogP contribution < -0.4 is 5.32 Å². The molecule has 0 aromatic carbocycles. The summed E-state index contributed by atoms with van der Waals surface area (Å²) in [6.07, 6.45) is 1.58. The molecule has 1 N–H and O–H groups in total. The Morgan fingerprint density at radius 3 is 2.53 bits per heavy atom. The molecule has 0 radical (unpaired) electrons. The molecule has 0 aromatic heterocycles. The van der Waals surface area contributed by atoms with Gasteiger partial charge in [-0.3, -0.25) is 0 Å². The van der Waals surface area contributed by atoms with Gasteiger partial charge in [0.2, 0.25) is 5.79 Å². The number of carbonyl (C=O) groups is 1. The second-order valence-electron chi connectivity index (χ2n) is 3.05. The summed E-state index contributed by atoms with van der Waals surface area (Å²) in [6.45, 7) is 5.08. The molecule has 5 nitrogen and oxygen atoms in total. The summed E-state index contributed by atoms with van der Waals surface area (Å²) in [5.74, 6) is -1.42. The van der Waals surface area contributed by atoms with Crippen molar-refractivity contribution in [2.75, 3.05) is 26.9 Å². The number of ether oxygens (including phenoxy) is 3. The first-order chi connectivity index (χ1) is 7.20. The fourth-order valence-electron chi connectivity index (χ4n) is 1.58. The molecule has 1 heterocycles. The zero-order chi connectivity index (χ0) is 11.3. The van der Waals surface area contributed by atoms with Gasteiger partial charge in [0.25, 0.3) is 0 Å². The predicted molar refractivity (Wildman–Crippen MR) is 54.1 cm³/mol. The van der Waals surface area contributed by atoms with Gasteiger partial charge in [0.05, 0.1) is 13.7 Å². The average Bonchev–Trinajstić information content (AvgIpc) is 2.62. The average molecular weight is 215 g/mol. The van der Waals surface area contributed by atoms with Gasteiger partial charge in [-0.2, -0.15) is 0 Å². The summed E-state index contributed by atoms with van der Waals surface area (Å²) in [5, 5.41) is 2.94. The molecule has 0 amide bonds. The van der Waals surface area contributed by atoms with Gasteiger partial charge in [-0.05, 0) is 13.8 Å². The molecule has 0 saturated carbocycles.